The first-order valence-electron chi connectivity index (χ1n) is 4.23. The van der Waals surface area contributed by atoms with Crippen LogP contribution in [-0.2, 0) is 0 Å². The molecule has 0 aromatic heterocycles. The minimum Gasteiger partial charge on any atom is -0.289 e. The molecule has 0 saturated carbocycles. The van der Waals surface area contributed by atoms with E-state index < -0.39 is 0 Å². The van der Waals surface area contributed by atoms with E-state index in [1.807, 2.05) is 6.08 Å². The van der Waals surface area contributed by atoms with Gasteiger partial charge in [0.05, 0.1) is 0 Å². The smallest absolute Gasteiger partial charge is 0.0433 e. The molecule has 0 fully saturated rings. The molecule has 0 aromatic rings. The van der Waals surface area contributed by atoms with Crippen molar-refractivity contribution in [3.8, 4) is 0 Å². The van der Waals surface area contributed by atoms with Gasteiger partial charge in [0, 0.05) is 12.3 Å². The highest BCUT2D eigenvalue weighted by molar-refractivity contribution is 6.01. The van der Waals surface area contributed by atoms with Crippen molar-refractivity contribution in [1.29, 1.82) is 0 Å². The Morgan fingerprint density at radius 2 is 2.45 bits per heavy atom. The Morgan fingerprint density at radius 3 is 3.09 bits per heavy atom. The van der Waals surface area contributed by atoms with Crippen molar-refractivity contribution in [2.24, 2.45) is 4.99 Å². The molecule has 0 saturated heterocycles. The third-order valence-electron chi connectivity index (χ3n) is 1.86. The van der Waals surface area contributed by atoms with E-state index in [1.54, 1.807) is 0 Å². The second-order valence-electron chi connectivity index (χ2n) is 2.76. The van der Waals surface area contributed by atoms with E-state index in [2.05, 4.69) is 24.6 Å². The zero-order valence-corrected chi connectivity index (χ0v) is 7.14. The van der Waals surface area contributed by atoms with Gasteiger partial charge in [0.2, 0.25) is 0 Å². The first kappa shape index (κ1) is 8.25. The number of nitrogens with zero attached hydrogens (tertiary/aromatic N) is 1. The third-order valence-corrected chi connectivity index (χ3v) is 1.86. The fourth-order valence-electron chi connectivity index (χ4n) is 1.36. The molecule has 0 aliphatic carbocycles. The number of aliphatic imine (C=N–C) groups is 1. The molecular formula is C10H15N. The van der Waals surface area contributed by atoms with Crippen molar-refractivity contribution < 1.29 is 0 Å². The van der Waals surface area contributed by atoms with E-state index in [0.717, 1.165) is 19.4 Å². The molecule has 1 heterocycles. The van der Waals surface area contributed by atoms with Gasteiger partial charge in [0.15, 0.2) is 0 Å². The average molecular weight is 149 g/mol. The van der Waals surface area contributed by atoms with Crippen LogP contribution in [0.25, 0.3) is 0 Å². The number of hydrogen-bond acceptors (Lipinski definition) is 1. The summed E-state index contributed by atoms with van der Waals surface area (Å²) >= 11 is 0. The van der Waals surface area contributed by atoms with E-state index >= 15 is 0 Å². The Bertz CT molecular complexity index is 199. The van der Waals surface area contributed by atoms with Crippen LogP contribution in [0.15, 0.2) is 29.3 Å². The summed E-state index contributed by atoms with van der Waals surface area (Å²) in [6.45, 7) is 6.86. The molecule has 0 radical (unpaired) electrons. The maximum atomic E-state index is 4.43. The van der Waals surface area contributed by atoms with Crippen LogP contribution in [0.4, 0.5) is 0 Å². The van der Waals surface area contributed by atoms with Crippen molar-refractivity contribution in [2.45, 2.75) is 26.2 Å². The van der Waals surface area contributed by atoms with Crippen molar-refractivity contribution in [3.05, 3.63) is 24.3 Å². The molecule has 0 spiro atoms. The lowest BCUT2D eigenvalue weighted by molar-refractivity contribution is 0.993. The van der Waals surface area contributed by atoms with Crippen LogP contribution in [0.3, 0.4) is 0 Å². The SMILES string of the molecule is C=C/C=C1/CCN=C1CCC. The second kappa shape index (κ2) is 4.12. The fraction of sp³-hybridized carbons (Fsp3) is 0.500. The molecule has 0 amide bonds. The minimum atomic E-state index is 0.981. The van der Waals surface area contributed by atoms with Gasteiger partial charge in [-0.25, -0.2) is 0 Å². The maximum Gasteiger partial charge on any atom is 0.0433 e. The Balaban J connectivity index is 2.62. The molecule has 0 N–H and O–H groups in total. The summed E-state index contributed by atoms with van der Waals surface area (Å²) in [5, 5.41) is 0. The van der Waals surface area contributed by atoms with Crippen LogP contribution in [0.1, 0.15) is 26.2 Å². The zero-order valence-electron chi connectivity index (χ0n) is 7.14. The van der Waals surface area contributed by atoms with Gasteiger partial charge in [0.1, 0.15) is 0 Å². The predicted octanol–water partition coefficient (Wildman–Crippen LogP) is 2.74. The first-order valence-corrected chi connectivity index (χ1v) is 4.23. The van der Waals surface area contributed by atoms with E-state index in [-0.39, 0.29) is 0 Å². The van der Waals surface area contributed by atoms with Gasteiger partial charge >= 0.3 is 0 Å². The topological polar surface area (TPSA) is 12.4 Å². The van der Waals surface area contributed by atoms with E-state index in [0.29, 0.717) is 0 Å². The summed E-state index contributed by atoms with van der Waals surface area (Å²) in [6, 6.07) is 0. The quantitative estimate of drug-likeness (QED) is 0.585. The summed E-state index contributed by atoms with van der Waals surface area (Å²) in [4.78, 5) is 4.43. The lowest BCUT2D eigenvalue weighted by Crippen LogP contribution is -1.95. The lowest BCUT2D eigenvalue weighted by atomic mass is 10.1. The highest BCUT2D eigenvalue weighted by Gasteiger charge is 2.10. The molecule has 1 aliphatic rings. The van der Waals surface area contributed by atoms with Crippen LogP contribution >= 0.6 is 0 Å². The third kappa shape index (κ3) is 2.04. The van der Waals surface area contributed by atoms with E-state index in [4.69, 9.17) is 0 Å². The Morgan fingerprint density at radius 1 is 1.64 bits per heavy atom. The Kier molecular flexibility index (Phi) is 3.09. The summed E-state index contributed by atoms with van der Waals surface area (Å²) in [6.07, 6.45) is 7.36. The lowest BCUT2D eigenvalue weighted by Gasteiger charge is -1.98. The van der Waals surface area contributed by atoms with Crippen LogP contribution in [0.2, 0.25) is 0 Å². The Hall–Kier alpha value is -0.850. The molecule has 11 heavy (non-hydrogen) atoms. The fourth-order valence-corrected chi connectivity index (χ4v) is 1.36. The predicted molar refractivity (Wildman–Crippen MR) is 50.1 cm³/mol. The normalized spacial score (nSPS) is 20.5. The zero-order chi connectivity index (χ0) is 8.10. The summed E-state index contributed by atoms with van der Waals surface area (Å²) in [5.41, 5.74) is 2.69. The second-order valence-corrected chi connectivity index (χ2v) is 2.76. The average Bonchev–Trinajstić information content (AvgIpc) is 2.39. The molecule has 0 bridgehead atoms. The molecule has 0 atom stereocenters. The summed E-state index contributed by atoms with van der Waals surface area (Å²) in [7, 11) is 0. The van der Waals surface area contributed by atoms with Crippen LogP contribution in [0.5, 0.6) is 0 Å². The number of rotatable bonds is 3. The van der Waals surface area contributed by atoms with E-state index in [1.165, 1.54) is 17.7 Å². The number of allylic oxidation sites excluding steroid dienone is 2. The monoisotopic (exact) mass is 149 g/mol. The molecule has 0 aromatic carbocycles. The molecule has 0 unspecified atom stereocenters. The molecule has 60 valence electrons. The highest BCUT2D eigenvalue weighted by atomic mass is 14.8. The van der Waals surface area contributed by atoms with Crippen LogP contribution < -0.4 is 0 Å². The molecule has 1 nitrogen and oxygen atoms in total. The maximum absolute atomic E-state index is 4.43. The van der Waals surface area contributed by atoms with Gasteiger partial charge in [-0.2, -0.15) is 0 Å². The van der Waals surface area contributed by atoms with Crippen molar-refractivity contribution in [2.75, 3.05) is 6.54 Å². The molecule has 1 aliphatic heterocycles. The standard InChI is InChI=1S/C10H15N/c1-3-5-9-7-8-11-10(9)6-4-2/h3,5H,1,4,6-8H2,2H3/b9-5-. The van der Waals surface area contributed by atoms with Gasteiger partial charge in [0.25, 0.3) is 0 Å². The van der Waals surface area contributed by atoms with Gasteiger partial charge in [-0.1, -0.05) is 32.1 Å². The van der Waals surface area contributed by atoms with Gasteiger partial charge in [-0.05, 0) is 18.4 Å². The van der Waals surface area contributed by atoms with Gasteiger partial charge < -0.3 is 0 Å². The summed E-state index contributed by atoms with van der Waals surface area (Å²) in [5.74, 6) is 0. The Labute approximate surface area is 68.5 Å². The highest BCUT2D eigenvalue weighted by Crippen LogP contribution is 2.16. The van der Waals surface area contributed by atoms with Crippen LogP contribution in [-0.4, -0.2) is 12.3 Å². The minimum absolute atomic E-state index is 0.981. The molecule has 1 rings (SSSR count). The van der Waals surface area contributed by atoms with Crippen molar-refractivity contribution in [3.63, 3.8) is 0 Å². The van der Waals surface area contributed by atoms with Crippen molar-refractivity contribution in [1.82, 2.24) is 0 Å². The summed E-state index contributed by atoms with van der Waals surface area (Å²) < 4.78 is 0. The van der Waals surface area contributed by atoms with E-state index in [9.17, 15) is 0 Å². The van der Waals surface area contributed by atoms with Crippen molar-refractivity contribution >= 4 is 5.71 Å². The molecule has 1 heteroatoms. The first-order chi connectivity index (χ1) is 5.38. The molecular weight excluding hydrogens is 134 g/mol. The van der Waals surface area contributed by atoms with Crippen LogP contribution in [0, 0.1) is 0 Å². The largest absolute Gasteiger partial charge is 0.289 e. The number of hydrogen-bond donors (Lipinski definition) is 0. The van der Waals surface area contributed by atoms with Gasteiger partial charge in [-0.15, -0.1) is 0 Å². The van der Waals surface area contributed by atoms with Gasteiger partial charge in [-0.3, -0.25) is 4.99 Å².